The van der Waals surface area contributed by atoms with E-state index in [1.165, 1.54) is 25.7 Å². The van der Waals surface area contributed by atoms with E-state index in [1.807, 2.05) is 13.8 Å². The van der Waals surface area contributed by atoms with Crippen LogP contribution in [-0.2, 0) is 4.79 Å². The first-order valence-electron chi connectivity index (χ1n) is 5.56. The standard InChI is InChI=1S/C12H20N2O/c1-4-12(2,3)14-11(15)9-13-10-7-5-6-8-10/h1,10,13H,5-9H2,2-3H3,(H,14,15). The Balaban J connectivity index is 2.21. The van der Waals surface area contributed by atoms with Crippen molar-refractivity contribution in [2.75, 3.05) is 6.54 Å². The second-order valence-corrected chi connectivity index (χ2v) is 4.68. The van der Waals surface area contributed by atoms with E-state index in [0.29, 0.717) is 12.6 Å². The zero-order chi connectivity index (χ0) is 11.3. The number of rotatable bonds is 4. The maximum atomic E-state index is 11.5. The molecule has 0 aromatic rings. The highest BCUT2D eigenvalue weighted by Crippen LogP contribution is 2.17. The maximum Gasteiger partial charge on any atom is 0.235 e. The average molecular weight is 208 g/mol. The average Bonchev–Trinajstić information content (AvgIpc) is 2.66. The molecular weight excluding hydrogens is 188 g/mol. The molecule has 0 bridgehead atoms. The second kappa shape index (κ2) is 5.18. The summed E-state index contributed by atoms with van der Waals surface area (Å²) in [7, 11) is 0. The first-order valence-corrected chi connectivity index (χ1v) is 5.56. The molecule has 1 aliphatic carbocycles. The van der Waals surface area contributed by atoms with Crippen LogP contribution < -0.4 is 10.6 Å². The molecule has 2 N–H and O–H groups in total. The fourth-order valence-corrected chi connectivity index (χ4v) is 1.80. The SMILES string of the molecule is C#CC(C)(C)NC(=O)CNC1CCCC1. The van der Waals surface area contributed by atoms with Gasteiger partial charge in [-0.2, -0.15) is 0 Å². The minimum atomic E-state index is -0.547. The van der Waals surface area contributed by atoms with Crippen molar-refractivity contribution in [1.29, 1.82) is 0 Å². The number of carbonyl (C=O) groups excluding carboxylic acids is 1. The van der Waals surface area contributed by atoms with Crippen LogP contribution in [0.3, 0.4) is 0 Å². The predicted molar refractivity (Wildman–Crippen MR) is 61.3 cm³/mol. The van der Waals surface area contributed by atoms with Gasteiger partial charge in [-0.3, -0.25) is 4.79 Å². The van der Waals surface area contributed by atoms with Crippen LogP contribution in [0.1, 0.15) is 39.5 Å². The molecule has 0 aromatic heterocycles. The quantitative estimate of drug-likeness (QED) is 0.678. The van der Waals surface area contributed by atoms with Gasteiger partial charge >= 0.3 is 0 Å². The van der Waals surface area contributed by atoms with Crippen molar-refractivity contribution in [2.24, 2.45) is 0 Å². The fourth-order valence-electron chi connectivity index (χ4n) is 1.80. The van der Waals surface area contributed by atoms with Gasteiger partial charge in [0.15, 0.2) is 0 Å². The highest BCUT2D eigenvalue weighted by molar-refractivity contribution is 5.79. The van der Waals surface area contributed by atoms with Gasteiger partial charge in [0.2, 0.25) is 5.91 Å². The Bertz CT molecular complexity index is 259. The molecular formula is C12H20N2O. The largest absolute Gasteiger partial charge is 0.339 e. The second-order valence-electron chi connectivity index (χ2n) is 4.68. The lowest BCUT2D eigenvalue weighted by molar-refractivity contribution is -0.121. The van der Waals surface area contributed by atoms with E-state index >= 15 is 0 Å². The van der Waals surface area contributed by atoms with Crippen LogP contribution in [0.5, 0.6) is 0 Å². The van der Waals surface area contributed by atoms with Crippen LogP contribution in [0.15, 0.2) is 0 Å². The van der Waals surface area contributed by atoms with Crippen molar-refractivity contribution in [1.82, 2.24) is 10.6 Å². The molecule has 0 atom stereocenters. The summed E-state index contributed by atoms with van der Waals surface area (Å²) in [5.41, 5.74) is -0.547. The van der Waals surface area contributed by atoms with E-state index in [9.17, 15) is 4.79 Å². The summed E-state index contributed by atoms with van der Waals surface area (Å²) >= 11 is 0. The van der Waals surface area contributed by atoms with Crippen LogP contribution in [0, 0.1) is 12.3 Å². The lowest BCUT2D eigenvalue weighted by Gasteiger charge is -2.20. The zero-order valence-corrected chi connectivity index (χ0v) is 9.60. The number of terminal acetylenes is 1. The molecule has 15 heavy (non-hydrogen) atoms. The Hall–Kier alpha value is -1.01. The highest BCUT2D eigenvalue weighted by Gasteiger charge is 2.19. The van der Waals surface area contributed by atoms with Crippen LogP contribution in [0.25, 0.3) is 0 Å². The highest BCUT2D eigenvalue weighted by atomic mass is 16.2. The Labute approximate surface area is 92.0 Å². The predicted octanol–water partition coefficient (Wildman–Crippen LogP) is 1.05. The molecule has 3 nitrogen and oxygen atoms in total. The summed E-state index contributed by atoms with van der Waals surface area (Å²) in [6.45, 7) is 4.01. The van der Waals surface area contributed by atoms with Crippen molar-refractivity contribution in [2.45, 2.75) is 51.1 Å². The van der Waals surface area contributed by atoms with Crippen LogP contribution in [0.4, 0.5) is 0 Å². The molecule has 0 aromatic carbocycles. The molecule has 84 valence electrons. The Morgan fingerprint density at radius 1 is 1.47 bits per heavy atom. The molecule has 0 aliphatic heterocycles. The van der Waals surface area contributed by atoms with Crippen LogP contribution >= 0.6 is 0 Å². The molecule has 0 heterocycles. The smallest absolute Gasteiger partial charge is 0.235 e. The number of carbonyl (C=O) groups is 1. The van der Waals surface area contributed by atoms with Gasteiger partial charge in [0.05, 0.1) is 12.1 Å². The molecule has 1 rings (SSSR count). The van der Waals surface area contributed by atoms with Gasteiger partial charge in [-0.05, 0) is 26.7 Å². The van der Waals surface area contributed by atoms with E-state index in [0.717, 1.165) is 0 Å². The monoisotopic (exact) mass is 208 g/mol. The summed E-state index contributed by atoms with van der Waals surface area (Å²) in [6.07, 6.45) is 10.2. The summed E-state index contributed by atoms with van der Waals surface area (Å²) < 4.78 is 0. The van der Waals surface area contributed by atoms with Gasteiger partial charge in [-0.1, -0.05) is 18.8 Å². The Kier molecular flexibility index (Phi) is 4.16. The number of amides is 1. The summed E-state index contributed by atoms with van der Waals surface area (Å²) in [5, 5.41) is 6.04. The normalized spacial score (nSPS) is 17.4. The van der Waals surface area contributed by atoms with Crippen molar-refractivity contribution in [3.63, 3.8) is 0 Å². The van der Waals surface area contributed by atoms with E-state index in [1.54, 1.807) is 0 Å². The molecule has 0 radical (unpaired) electrons. The minimum Gasteiger partial charge on any atom is -0.339 e. The van der Waals surface area contributed by atoms with Crippen LogP contribution in [0.2, 0.25) is 0 Å². The number of nitrogens with one attached hydrogen (secondary N) is 2. The molecule has 1 aliphatic rings. The van der Waals surface area contributed by atoms with Gasteiger partial charge in [-0.15, -0.1) is 6.42 Å². The third kappa shape index (κ3) is 4.35. The lowest BCUT2D eigenvalue weighted by atomic mass is 10.1. The zero-order valence-electron chi connectivity index (χ0n) is 9.60. The van der Waals surface area contributed by atoms with E-state index in [4.69, 9.17) is 6.42 Å². The first kappa shape index (κ1) is 12.1. The molecule has 1 amide bonds. The third-order valence-corrected chi connectivity index (χ3v) is 2.72. The molecule has 1 fully saturated rings. The van der Waals surface area contributed by atoms with Crippen LogP contribution in [-0.4, -0.2) is 24.0 Å². The van der Waals surface area contributed by atoms with Crippen molar-refractivity contribution in [3.05, 3.63) is 0 Å². The number of hydrogen-bond acceptors (Lipinski definition) is 2. The first-order chi connectivity index (χ1) is 7.03. The van der Waals surface area contributed by atoms with Crippen molar-refractivity contribution < 1.29 is 4.79 Å². The van der Waals surface area contributed by atoms with Crippen molar-refractivity contribution in [3.8, 4) is 12.3 Å². The Morgan fingerprint density at radius 3 is 2.60 bits per heavy atom. The van der Waals surface area contributed by atoms with Gasteiger partial charge in [-0.25, -0.2) is 0 Å². The van der Waals surface area contributed by atoms with E-state index < -0.39 is 5.54 Å². The van der Waals surface area contributed by atoms with E-state index in [-0.39, 0.29) is 5.91 Å². The molecule has 0 unspecified atom stereocenters. The summed E-state index contributed by atoms with van der Waals surface area (Å²) in [6, 6.07) is 0.518. The third-order valence-electron chi connectivity index (χ3n) is 2.72. The molecule has 1 saturated carbocycles. The van der Waals surface area contributed by atoms with Gasteiger partial charge in [0, 0.05) is 6.04 Å². The topological polar surface area (TPSA) is 41.1 Å². The van der Waals surface area contributed by atoms with Crippen molar-refractivity contribution >= 4 is 5.91 Å². The number of hydrogen-bond donors (Lipinski definition) is 2. The van der Waals surface area contributed by atoms with Gasteiger partial charge in [0.25, 0.3) is 0 Å². The van der Waals surface area contributed by atoms with Gasteiger partial charge in [0.1, 0.15) is 0 Å². The maximum absolute atomic E-state index is 11.5. The van der Waals surface area contributed by atoms with Gasteiger partial charge < -0.3 is 10.6 Å². The summed E-state index contributed by atoms with van der Waals surface area (Å²) in [4.78, 5) is 11.5. The molecule has 3 heteroatoms. The lowest BCUT2D eigenvalue weighted by Crippen LogP contribution is -2.47. The summed E-state index contributed by atoms with van der Waals surface area (Å²) in [5.74, 6) is 2.52. The minimum absolute atomic E-state index is 0.0233. The fraction of sp³-hybridized carbons (Fsp3) is 0.750. The molecule has 0 spiro atoms. The molecule has 0 saturated heterocycles. The Morgan fingerprint density at radius 2 is 2.07 bits per heavy atom. The van der Waals surface area contributed by atoms with E-state index in [2.05, 4.69) is 16.6 Å².